The summed E-state index contributed by atoms with van der Waals surface area (Å²) in [6, 6.07) is 0. The van der Waals surface area contributed by atoms with Crippen molar-refractivity contribution in [1.82, 2.24) is 0 Å². The summed E-state index contributed by atoms with van der Waals surface area (Å²) in [4.78, 5) is 0. The molecule has 0 N–H and O–H groups in total. The third-order valence-corrected chi connectivity index (χ3v) is 7.34. The molecule has 2 fully saturated rings. The molecule has 0 heterocycles. The molecular formula is C21H34F2. The van der Waals surface area contributed by atoms with Crippen LogP contribution in [0.3, 0.4) is 0 Å². The molecule has 0 unspecified atom stereocenters. The highest BCUT2D eigenvalue weighted by atomic mass is 19.2. The van der Waals surface area contributed by atoms with E-state index in [9.17, 15) is 8.78 Å². The Morgan fingerprint density at radius 1 is 0.696 bits per heavy atom. The van der Waals surface area contributed by atoms with Gasteiger partial charge in [-0.3, -0.25) is 0 Å². The Hall–Kier alpha value is -0.400. The number of rotatable bonds is 3. The molecule has 23 heavy (non-hydrogen) atoms. The van der Waals surface area contributed by atoms with E-state index in [1.807, 2.05) is 0 Å². The Labute approximate surface area is 141 Å². The van der Waals surface area contributed by atoms with E-state index in [1.165, 1.54) is 32.1 Å². The second-order valence-electron chi connectivity index (χ2n) is 8.70. The van der Waals surface area contributed by atoms with Gasteiger partial charge in [0.25, 0.3) is 0 Å². The van der Waals surface area contributed by atoms with Crippen LogP contribution in [0.5, 0.6) is 0 Å². The molecule has 0 amide bonds. The van der Waals surface area contributed by atoms with Gasteiger partial charge in [0.2, 0.25) is 0 Å². The highest BCUT2D eigenvalue weighted by Gasteiger charge is 2.40. The van der Waals surface area contributed by atoms with Gasteiger partial charge in [-0.15, -0.1) is 0 Å². The van der Waals surface area contributed by atoms with Crippen molar-refractivity contribution in [3.63, 3.8) is 0 Å². The number of hydrogen-bond acceptors (Lipinski definition) is 0. The molecule has 3 aliphatic carbocycles. The molecule has 0 aromatic heterocycles. The van der Waals surface area contributed by atoms with Gasteiger partial charge >= 0.3 is 0 Å². The molecule has 0 aromatic rings. The van der Waals surface area contributed by atoms with Crippen LogP contribution in [-0.4, -0.2) is 0 Å². The fourth-order valence-electron chi connectivity index (χ4n) is 5.54. The van der Waals surface area contributed by atoms with Crippen molar-refractivity contribution >= 4 is 0 Å². The average molecular weight is 324 g/mol. The first-order valence-corrected chi connectivity index (χ1v) is 10.1. The third-order valence-electron chi connectivity index (χ3n) is 7.34. The molecule has 2 atom stereocenters. The highest BCUT2D eigenvalue weighted by Crippen LogP contribution is 2.49. The molecule has 3 rings (SSSR count). The van der Waals surface area contributed by atoms with E-state index >= 15 is 0 Å². The summed E-state index contributed by atoms with van der Waals surface area (Å²) < 4.78 is 29.6. The molecular weight excluding hydrogens is 290 g/mol. The Kier molecular flexibility index (Phi) is 5.80. The maximum Gasteiger partial charge on any atom is 0.135 e. The van der Waals surface area contributed by atoms with Crippen LogP contribution in [0, 0.1) is 35.5 Å². The smallest absolute Gasteiger partial charge is 0.135 e. The van der Waals surface area contributed by atoms with Gasteiger partial charge in [0, 0.05) is 11.8 Å². The van der Waals surface area contributed by atoms with Crippen molar-refractivity contribution in [2.75, 3.05) is 0 Å². The largest absolute Gasteiger partial charge is 0.209 e. The number of hydrogen-bond donors (Lipinski definition) is 0. The zero-order valence-corrected chi connectivity index (χ0v) is 15.0. The fraction of sp³-hybridized carbons (Fsp3) is 0.905. The molecule has 0 saturated heterocycles. The van der Waals surface area contributed by atoms with E-state index in [-0.39, 0.29) is 23.5 Å². The average Bonchev–Trinajstić information content (AvgIpc) is 2.58. The van der Waals surface area contributed by atoms with E-state index in [0.29, 0.717) is 11.8 Å². The predicted octanol–water partition coefficient (Wildman–Crippen LogP) is 7.21. The molecule has 2 heteroatoms. The van der Waals surface area contributed by atoms with Crippen LogP contribution >= 0.6 is 0 Å². The maximum atomic E-state index is 14.8. The van der Waals surface area contributed by atoms with Crippen LogP contribution in [0.2, 0.25) is 0 Å². The van der Waals surface area contributed by atoms with Crippen LogP contribution < -0.4 is 0 Å². The second kappa shape index (κ2) is 7.66. The van der Waals surface area contributed by atoms with E-state index in [0.717, 1.165) is 50.4 Å². The second-order valence-corrected chi connectivity index (χ2v) is 8.70. The van der Waals surface area contributed by atoms with Crippen molar-refractivity contribution in [3.8, 4) is 0 Å². The lowest BCUT2D eigenvalue weighted by atomic mass is 9.67. The van der Waals surface area contributed by atoms with Crippen LogP contribution in [0.25, 0.3) is 0 Å². The van der Waals surface area contributed by atoms with E-state index in [1.54, 1.807) is 0 Å². The summed E-state index contributed by atoms with van der Waals surface area (Å²) in [5.74, 6) is 1.48. The van der Waals surface area contributed by atoms with Gasteiger partial charge in [-0.1, -0.05) is 46.0 Å². The van der Waals surface area contributed by atoms with Crippen LogP contribution in [0.15, 0.2) is 11.7 Å². The molecule has 0 spiro atoms. The fourth-order valence-corrected chi connectivity index (χ4v) is 5.54. The van der Waals surface area contributed by atoms with Crippen molar-refractivity contribution in [3.05, 3.63) is 11.7 Å². The van der Waals surface area contributed by atoms with Crippen LogP contribution in [-0.2, 0) is 0 Å². The molecule has 132 valence electrons. The van der Waals surface area contributed by atoms with Crippen LogP contribution in [0.4, 0.5) is 8.78 Å². The SMILES string of the molecule is CCC1CCC([C@@H]2CC[C@H](C3CCC(C)CC3)C(F)=C2F)CC1. The van der Waals surface area contributed by atoms with Crippen LogP contribution in [0.1, 0.15) is 84.5 Å². The van der Waals surface area contributed by atoms with E-state index in [4.69, 9.17) is 0 Å². The minimum atomic E-state index is -0.349. The maximum absolute atomic E-state index is 14.8. The molecule has 0 nitrogen and oxygen atoms in total. The summed E-state index contributed by atoms with van der Waals surface area (Å²) in [6.07, 6.45) is 12.2. The molecule has 3 aliphatic rings. The lowest BCUT2D eigenvalue weighted by Crippen LogP contribution is -2.30. The van der Waals surface area contributed by atoms with Crippen molar-refractivity contribution in [2.24, 2.45) is 35.5 Å². The standard InChI is InChI=1S/C21H34F2/c1-3-15-6-10-17(11-7-15)19-13-12-18(20(22)21(19)23)16-8-4-14(2)5-9-16/h14-19H,3-13H2,1-2H3/t14?,15?,16?,17?,18-,19+/m1/s1. The minimum absolute atomic E-state index is 0.105. The number of halogens is 2. The van der Waals surface area contributed by atoms with E-state index < -0.39 is 0 Å². The Balaban J connectivity index is 1.63. The third kappa shape index (κ3) is 3.82. The quantitative estimate of drug-likeness (QED) is 0.514. The summed E-state index contributed by atoms with van der Waals surface area (Å²) in [7, 11) is 0. The summed E-state index contributed by atoms with van der Waals surface area (Å²) in [5, 5.41) is 0. The molecule has 0 bridgehead atoms. The van der Waals surface area contributed by atoms with Crippen molar-refractivity contribution in [2.45, 2.75) is 84.5 Å². The van der Waals surface area contributed by atoms with Gasteiger partial charge in [0.05, 0.1) is 0 Å². The van der Waals surface area contributed by atoms with Gasteiger partial charge in [-0.05, 0) is 62.2 Å². The Morgan fingerprint density at radius 2 is 1.13 bits per heavy atom. The summed E-state index contributed by atoms with van der Waals surface area (Å²) in [6.45, 7) is 4.54. The first kappa shape index (κ1) is 17.4. The molecule has 0 aromatic carbocycles. The molecule has 2 saturated carbocycles. The lowest BCUT2D eigenvalue weighted by molar-refractivity contribution is 0.134. The first-order chi connectivity index (χ1) is 11.1. The van der Waals surface area contributed by atoms with Gasteiger partial charge in [0.1, 0.15) is 11.7 Å². The number of allylic oxidation sites excluding steroid dienone is 2. The summed E-state index contributed by atoms with van der Waals surface area (Å²) >= 11 is 0. The topological polar surface area (TPSA) is 0 Å². The first-order valence-electron chi connectivity index (χ1n) is 10.1. The van der Waals surface area contributed by atoms with E-state index in [2.05, 4.69) is 13.8 Å². The van der Waals surface area contributed by atoms with Gasteiger partial charge in [-0.25, -0.2) is 8.78 Å². The normalized spacial score (nSPS) is 42.8. The lowest BCUT2D eigenvalue weighted by Gasteiger charge is -2.39. The van der Waals surface area contributed by atoms with Crippen molar-refractivity contribution in [1.29, 1.82) is 0 Å². The Bertz CT molecular complexity index is 412. The Morgan fingerprint density at radius 3 is 1.57 bits per heavy atom. The van der Waals surface area contributed by atoms with Gasteiger partial charge in [-0.2, -0.15) is 0 Å². The van der Waals surface area contributed by atoms with Crippen molar-refractivity contribution < 1.29 is 8.78 Å². The monoisotopic (exact) mass is 324 g/mol. The zero-order chi connectivity index (χ0) is 16.4. The highest BCUT2D eigenvalue weighted by molar-refractivity contribution is 5.14. The predicted molar refractivity (Wildman–Crippen MR) is 92.3 cm³/mol. The van der Waals surface area contributed by atoms with Gasteiger partial charge < -0.3 is 0 Å². The minimum Gasteiger partial charge on any atom is -0.209 e. The van der Waals surface area contributed by atoms with Gasteiger partial charge in [0.15, 0.2) is 0 Å². The molecule has 0 radical (unpaired) electrons. The summed E-state index contributed by atoms with van der Waals surface area (Å²) in [5.41, 5.74) is 0. The molecule has 0 aliphatic heterocycles. The zero-order valence-electron chi connectivity index (χ0n) is 15.0.